The molecule has 0 spiro atoms. The Labute approximate surface area is 89.2 Å². The van der Waals surface area contributed by atoms with Crippen LogP contribution in [0.3, 0.4) is 0 Å². The Balaban J connectivity index is 2.96. The van der Waals surface area contributed by atoms with E-state index in [2.05, 4.69) is 11.9 Å². The summed E-state index contributed by atoms with van der Waals surface area (Å²) in [6.07, 6.45) is 4.73. The van der Waals surface area contributed by atoms with Gasteiger partial charge in [0.2, 0.25) is 5.91 Å². The van der Waals surface area contributed by atoms with Gasteiger partial charge in [-0.1, -0.05) is 18.7 Å². The molecule has 1 aliphatic rings. The van der Waals surface area contributed by atoms with Crippen LogP contribution in [0, 0.1) is 0 Å². The van der Waals surface area contributed by atoms with Crippen molar-refractivity contribution in [3.8, 4) is 0 Å². The molecule has 82 valence electrons. The minimum atomic E-state index is -0.768. The maximum atomic E-state index is 11.4. The topological polar surface area (TPSA) is 75.4 Å². The molecule has 1 saturated heterocycles. The molecular formula is C11H16N2O2. The summed E-state index contributed by atoms with van der Waals surface area (Å²) < 4.78 is 0. The van der Waals surface area contributed by atoms with Gasteiger partial charge < -0.3 is 16.2 Å². The van der Waals surface area contributed by atoms with E-state index in [-0.39, 0.29) is 12.3 Å². The van der Waals surface area contributed by atoms with E-state index in [1.165, 1.54) is 0 Å². The number of amides is 1. The first-order valence-corrected chi connectivity index (χ1v) is 4.83. The Morgan fingerprint density at radius 1 is 1.67 bits per heavy atom. The van der Waals surface area contributed by atoms with E-state index in [1.54, 1.807) is 12.2 Å². The van der Waals surface area contributed by atoms with Crippen molar-refractivity contribution in [3.05, 3.63) is 36.1 Å². The summed E-state index contributed by atoms with van der Waals surface area (Å²) in [6, 6.07) is -0.687. The number of nitrogens with one attached hydrogen (secondary N) is 1. The third-order valence-corrected chi connectivity index (χ3v) is 2.28. The number of aliphatic hydroxyl groups is 1. The first-order valence-electron chi connectivity index (χ1n) is 4.83. The second kappa shape index (κ2) is 4.91. The largest absolute Gasteiger partial charge is 0.388 e. The van der Waals surface area contributed by atoms with Gasteiger partial charge in [-0.15, -0.1) is 0 Å². The van der Waals surface area contributed by atoms with E-state index >= 15 is 0 Å². The van der Waals surface area contributed by atoms with Gasteiger partial charge in [-0.3, -0.25) is 4.79 Å². The average molecular weight is 208 g/mol. The predicted molar refractivity (Wildman–Crippen MR) is 58.8 cm³/mol. The lowest BCUT2D eigenvalue weighted by atomic mass is 10.0. The van der Waals surface area contributed by atoms with E-state index in [1.807, 2.05) is 13.0 Å². The lowest BCUT2D eigenvalue weighted by molar-refractivity contribution is -0.121. The highest BCUT2D eigenvalue weighted by molar-refractivity contribution is 5.84. The second-order valence-electron chi connectivity index (χ2n) is 3.48. The third kappa shape index (κ3) is 2.78. The standard InChI is InChI=1S/C11H16N2O2/c1-3-4-5-9-7(2)10(14)6-8(12)11(15)13-9/h3-5,8,10,14H,2,6,12H2,1H3,(H,13,15)/b4-3-,9-5+. The van der Waals surface area contributed by atoms with E-state index in [4.69, 9.17) is 5.73 Å². The molecule has 1 rings (SSSR count). The monoisotopic (exact) mass is 208 g/mol. The minimum Gasteiger partial charge on any atom is -0.388 e. The summed E-state index contributed by atoms with van der Waals surface area (Å²) in [5.41, 5.74) is 6.58. The summed E-state index contributed by atoms with van der Waals surface area (Å²) in [5.74, 6) is -0.288. The first-order chi connectivity index (χ1) is 7.06. The van der Waals surface area contributed by atoms with Gasteiger partial charge in [0.05, 0.1) is 12.1 Å². The van der Waals surface area contributed by atoms with Gasteiger partial charge in [0.1, 0.15) is 0 Å². The molecule has 1 amide bonds. The fourth-order valence-electron chi connectivity index (χ4n) is 1.32. The van der Waals surface area contributed by atoms with Crippen LogP contribution in [0.1, 0.15) is 13.3 Å². The molecule has 0 radical (unpaired) electrons. The summed E-state index contributed by atoms with van der Waals surface area (Å²) >= 11 is 0. The number of hydrogen-bond acceptors (Lipinski definition) is 3. The van der Waals surface area contributed by atoms with Crippen molar-refractivity contribution in [2.45, 2.75) is 25.5 Å². The van der Waals surface area contributed by atoms with Crippen molar-refractivity contribution in [2.75, 3.05) is 0 Å². The molecule has 0 saturated carbocycles. The van der Waals surface area contributed by atoms with Crippen LogP contribution in [0.15, 0.2) is 36.1 Å². The highest BCUT2D eigenvalue weighted by Gasteiger charge is 2.26. The fourth-order valence-corrected chi connectivity index (χ4v) is 1.32. The number of aliphatic hydroxyl groups excluding tert-OH is 1. The highest BCUT2D eigenvalue weighted by Crippen LogP contribution is 2.17. The normalized spacial score (nSPS) is 30.7. The van der Waals surface area contributed by atoms with E-state index in [0.717, 1.165) is 0 Å². The molecule has 4 heteroatoms. The highest BCUT2D eigenvalue weighted by atomic mass is 16.3. The summed E-state index contributed by atoms with van der Waals surface area (Å²) in [5, 5.41) is 12.3. The van der Waals surface area contributed by atoms with Crippen LogP contribution < -0.4 is 11.1 Å². The molecule has 0 aromatic heterocycles. The van der Waals surface area contributed by atoms with E-state index in [0.29, 0.717) is 11.3 Å². The van der Waals surface area contributed by atoms with Gasteiger partial charge in [0.25, 0.3) is 0 Å². The van der Waals surface area contributed by atoms with Gasteiger partial charge >= 0.3 is 0 Å². The summed E-state index contributed by atoms with van der Waals surface area (Å²) in [6.45, 7) is 5.60. The zero-order chi connectivity index (χ0) is 11.4. The molecule has 2 atom stereocenters. The lowest BCUT2D eigenvalue weighted by Crippen LogP contribution is -2.38. The first kappa shape index (κ1) is 11.7. The Morgan fingerprint density at radius 3 is 2.93 bits per heavy atom. The number of carbonyl (C=O) groups is 1. The quantitative estimate of drug-likeness (QED) is 0.576. The molecule has 1 fully saturated rings. The smallest absolute Gasteiger partial charge is 0.241 e. The van der Waals surface area contributed by atoms with Gasteiger partial charge in [0, 0.05) is 12.1 Å². The number of hydrogen-bond donors (Lipinski definition) is 3. The third-order valence-electron chi connectivity index (χ3n) is 2.28. The van der Waals surface area contributed by atoms with Crippen molar-refractivity contribution in [1.29, 1.82) is 0 Å². The SMILES string of the molecule is C=C1/C(=C\C=C/C)NC(=O)C(N)CC1O. The number of carbonyl (C=O) groups excluding carboxylic acids is 1. The zero-order valence-corrected chi connectivity index (χ0v) is 8.73. The van der Waals surface area contributed by atoms with Crippen molar-refractivity contribution in [3.63, 3.8) is 0 Å². The van der Waals surface area contributed by atoms with Crippen LogP contribution in [-0.2, 0) is 4.79 Å². The lowest BCUT2D eigenvalue weighted by Gasteiger charge is -2.11. The molecule has 2 unspecified atom stereocenters. The average Bonchev–Trinajstić information content (AvgIpc) is 2.29. The van der Waals surface area contributed by atoms with E-state index in [9.17, 15) is 9.90 Å². The van der Waals surface area contributed by atoms with Crippen LogP contribution in [0.25, 0.3) is 0 Å². The van der Waals surface area contributed by atoms with Crippen molar-refractivity contribution >= 4 is 5.91 Å². The summed E-state index contributed by atoms with van der Waals surface area (Å²) in [4.78, 5) is 11.4. The summed E-state index contributed by atoms with van der Waals surface area (Å²) in [7, 11) is 0. The number of rotatable bonds is 1. The second-order valence-corrected chi connectivity index (χ2v) is 3.48. The molecule has 4 nitrogen and oxygen atoms in total. The molecule has 0 aromatic carbocycles. The maximum absolute atomic E-state index is 11.4. The van der Waals surface area contributed by atoms with Crippen LogP contribution in [0.2, 0.25) is 0 Å². The Kier molecular flexibility index (Phi) is 3.82. The molecule has 4 N–H and O–H groups in total. The molecule has 1 heterocycles. The molecule has 0 bridgehead atoms. The zero-order valence-electron chi connectivity index (χ0n) is 8.73. The van der Waals surface area contributed by atoms with Gasteiger partial charge in [-0.05, 0) is 18.6 Å². The van der Waals surface area contributed by atoms with Crippen LogP contribution in [0.4, 0.5) is 0 Å². The predicted octanol–water partition coefficient (Wildman–Crippen LogP) is 0.211. The number of allylic oxidation sites excluding steroid dienone is 3. The Hall–Kier alpha value is -1.39. The van der Waals surface area contributed by atoms with Crippen molar-refractivity contribution in [1.82, 2.24) is 5.32 Å². The van der Waals surface area contributed by atoms with Crippen molar-refractivity contribution < 1.29 is 9.90 Å². The van der Waals surface area contributed by atoms with E-state index < -0.39 is 12.1 Å². The van der Waals surface area contributed by atoms with Crippen LogP contribution in [-0.4, -0.2) is 23.2 Å². The molecule has 15 heavy (non-hydrogen) atoms. The number of nitrogens with two attached hydrogens (primary N) is 1. The maximum Gasteiger partial charge on any atom is 0.241 e. The van der Waals surface area contributed by atoms with Crippen molar-refractivity contribution in [2.24, 2.45) is 5.73 Å². The minimum absolute atomic E-state index is 0.206. The van der Waals surface area contributed by atoms with Gasteiger partial charge in [0.15, 0.2) is 0 Å². The molecule has 1 aliphatic heterocycles. The fraction of sp³-hybridized carbons (Fsp3) is 0.364. The van der Waals surface area contributed by atoms with Crippen LogP contribution >= 0.6 is 0 Å². The van der Waals surface area contributed by atoms with Gasteiger partial charge in [-0.25, -0.2) is 0 Å². The Morgan fingerprint density at radius 2 is 2.33 bits per heavy atom. The molecule has 0 aliphatic carbocycles. The molecule has 0 aromatic rings. The van der Waals surface area contributed by atoms with Crippen LogP contribution in [0.5, 0.6) is 0 Å². The molecular weight excluding hydrogens is 192 g/mol. The Bertz CT molecular complexity index is 331. The van der Waals surface area contributed by atoms with Gasteiger partial charge in [-0.2, -0.15) is 0 Å².